The summed E-state index contributed by atoms with van der Waals surface area (Å²) in [7, 11) is 1.65. The lowest BCUT2D eigenvalue weighted by Gasteiger charge is -2.51. The predicted molar refractivity (Wildman–Crippen MR) is 82.5 cm³/mol. The van der Waals surface area contributed by atoms with Crippen molar-refractivity contribution < 1.29 is 9.53 Å². The van der Waals surface area contributed by atoms with Gasteiger partial charge in [0.05, 0.1) is 7.11 Å². The molecule has 0 saturated heterocycles. The number of hydrogen-bond acceptors (Lipinski definition) is 2. The smallest absolute Gasteiger partial charge is 0.185 e. The molecule has 1 aromatic carbocycles. The van der Waals surface area contributed by atoms with Gasteiger partial charge in [-0.05, 0) is 86.1 Å². The van der Waals surface area contributed by atoms with E-state index in [-0.39, 0.29) is 5.78 Å². The van der Waals surface area contributed by atoms with E-state index in [1.807, 2.05) is 30.3 Å². The molecule has 0 amide bonds. The highest BCUT2D eigenvalue weighted by molar-refractivity contribution is 6.05. The Morgan fingerprint density at radius 1 is 1.00 bits per heavy atom. The maximum Gasteiger partial charge on any atom is 0.185 e. The number of carbonyl (C=O) groups excluding carboxylic acids is 1. The van der Waals surface area contributed by atoms with Gasteiger partial charge < -0.3 is 4.74 Å². The van der Waals surface area contributed by atoms with Crippen molar-refractivity contribution in [2.24, 2.45) is 23.7 Å². The van der Waals surface area contributed by atoms with Crippen molar-refractivity contribution in [3.63, 3.8) is 0 Å². The highest BCUT2D eigenvalue weighted by Crippen LogP contribution is 2.56. The van der Waals surface area contributed by atoms with Crippen LogP contribution in [0, 0.1) is 23.7 Å². The SMILES string of the molecule is COc1ccc(C(=O)C=C2C3CC4CC(C3)CC2C4)cc1. The van der Waals surface area contributed by atoms with Crippen molar-refractivity contribution in [2.45, 2.75) is 32.1 Å². The molecule has 2 heteroatoms. The Morgan fingerprint density at radius 2 is 1.57 bits per heavy atom. The molecule has 4 aliphatic rings. The van der Waals surface area contributed by atoms with Gasteiger partial charge in [0.25, 0.3) is 0 Å². The molecule has 110 valence electrons. The lowest BCUT2D eigenvalue weighted by Crippen LogP contribution is -2.40. The van der Waals surface area contributed by atoms with Crippen LogP contribution in [-0.4, -0.2) is 12.9 Å². The summed E-state index contributed by atoms with van der Waals surface area (Å²) >= 11 is 0. The summed E-state index contributed by atoms with van der Waals surface area (Å²) in [5.74, 6) is 4.25. The second-order valence-corrected chi connectivity index (χ2v) is 7.04. The highest BCUT2D eigenvalue weighted by atomic mass is 16.5. The van der Waals surface area contributed by atoms with Crippen LogP contribution < -0.4 is 4.74 Å². The van der Waals surface area contributed by atoms with Gasteiger partial charge in [0, 0.05) is 5.56 Å². The topological polar surface area (TPSA) is 26.3 Å². The molecule has 4 bridgehead atoms. The molecule has 5 rings (SSSR count). The fourth-order valence-electron chi connectivity index (χ4n) is 4.95. The highest BCUT2D eigenvalue weighted by Gasteiger charge is 2.45. The minimum atomic E-state index is 0.167. The first-order chi connectivity index (χ1) is 10.2. The van der Waals surface area contributed by atoms with E-state index in [4.69, 9.17) is 4.74 Å². The fourth-order valence-corrected chi connectivity index (χ4v) is 4.95. The van der Waals surface area contributed by atoms with E-state index in [0.717, 1.165) is 23.1 Å². The molecule has 0 radical (unpaired) electrons. The average Bonchev–Trinajstić information content (AvgIpc) is 2.50. The summed E-state index contributed by atoms with van der Waals surface area (Å²) in [6.07, 6.45) is 8.73. The van der Waals surface area contributed by atoms with Gasteiger partial charge in [0.1, 0.15) is 5.75 Å². The second kappa shape index (κ2) is 5.01. The van der Waals surface area contributed by atoms with Crippen molar-refractivity contribution in [1.82, 2.24) is 0 Å². The molecule has 0 spiro atoms. The van der Waals surface area contributed by atoms with E-state index < -0.39 is 0 Å². The van der Waals surface area contributed by atoms with Crippen LogP contribution in [0.4, 0.5) is 0 Å². The van der Waals surface area contributed by atoms with Gasteiger partial charge in [-0.1, -0.05) is 5.57 Å². The number of carbonyl (C=O) groups is 1. The standard InChI is InChI=1S/C19H22O2/c1-21-17-4-2-14(3-5-17)19(20)11-18-15-7-12-6-13(9-15)10-16(18)8-12/h2-5,11-13,15-16H,6-10H2,1H3. The third-order valence-electron chi connectivity index (χ3n) is 5.75. The molecule has 0 atom stereocenters. The van der Waals surface area contributed by atoms with E-state index in [9.17, 15) is 4.79 Å². The van der Waals surface area contributed by atoms with Crippen LogP contribution in [0.15, 0.2) is 35.9 Å². The molecule has 0 aliphatic heterocycles. The fraction of sp³-hybridized carbons (Fsp3) is 0.526. The molecule has 4 aliphatic carbocycles. The van der Waals surface area contributed by atoms with Crippen LogP contribution in [0.2, 0.25) is 0 Å². The van der Waals surface area contributed by atoms with Crippen molar-refractivity contribution in [3.8, 4) is 5.75 Å². The molecular weight excluding hydrogens is 260 g/mol. The van der Waals surface area contributed by atoms with Gasteiger partial charge in [0.2, 0.25) is 0 Å². The summed E-state index contributed by atoms with van der Waals surface area (Å²) in [6.45, 7) is 0. The average molecular weight is 282 g/mol. The molecule has 0 N–H and O–H groups in total. The monoisotopic (exact) mass is 282 g/mol. The lowest BCUT2D eigenvalue weighted by molar-refractivity contribution is 0.0686. The number of ether oxygens (including phenoxy) is 1. The predicted octanol–water partition coefficient (Wildman–Crippen LogP) is 4.26. The van der Waals surface area contributed by atoms with E-state index in [1.165, 1.54) is 37.7 Å². The van der Waals surface area contributed by atoms with Gasteiger partial charge in [-0.2, -0.15) is 0 Å². The molecule has 0 heterocycles. The third-order valence-corrected chi connectivity index (χ3v) is 5.75. The minimum absolute atomic E-state index is 0.167. The van der Waals surface area contributed by atoms with Crippen LogP contribution in [0.25, 0.3) is 0 Å². The number of ketones is 1. The number of rotatable bonds is 3. The number of hydrogen-bond donors (Lipinski definition) is 0. The molecule has 0 aromatic heterocycles. The zero-order valence-corrected chi connectivity index (χ0v) is 12.5. The maximum absolute atomic E-state index is 12.5. The van der Waals surface area contributed by atoms with Gasteiger partial charge in [-0.3, -0.25) is 4.79 Å². The third kappa shape index (κ3) is 2.31. The Kier molecular flexibility index (Phi) is 3.13. The van der Waals surface area contributed by atoms with Gasteiger partial charge in [0.15, 0.2) is 5.78 Å². The summed E-state index contributed by atoms with van der Waals surface area (Å²) in [5.41, 5.74) is 2.24. The van der Waals surface area contributed by atoms with Crippen molar-refractivity contribution in [1.29, 1.82) is 0 Å². The first-order valence-corrected chi connectivity index (χ1v) is 8.13. The van der Waals surface area contributed by atoms with E-state index >= 15 is 0 Å². The van der Waals surface area contributed by atoms with E-state index in [2.05, 4.69) is 0 Å². The Bertz CT molecular complexity index is 552. The van der Waals surface area contributed by atoms with Gasteiger partial charge in [-0.15, -0.1) is 0 Å². The van der Waals surface area contributed by atoms with Crippen LogP contribution in [0.1, 0.15) is 42.5 Å². The second-order valence-electron chi connectivity index (χ2n) is 7.04. The Labute approximate surface area is 126 Å². The summed E-state index contributed by atoms with van der Waals surface area (Å²) in [5, 5.41) is 0. The zero-order chi connectivity index (χ0) is 14.4. The Morgan fingerprint density at radius 3 is 2.10 bits per heavy atom. The Balaban J connectivity index is 1.57. The normalized spacial score (nSPS) is 33.1. The summed E-state index contributed by atoms with van der Waals surface area (Å²) in [4.78, 5) is 12.5. The molecule has 2 nitrogen and oxygen atoms in total. The molecule has 21 heavy (non-hydrogen) atoms. The van der Waals surface area contributed by atoms with Crippen LogP contribution in [0.3, 0.4) is 0 Å². The molecular formula is C19H22O2. The van der Waals surface area contributed by atoms with Gasteiger partial charge in [-0.25, -0.2) is 0 Å². The number of allylic oxidation sites excluding steroid dienone is 2. The van der Waals surface area contributed by atoms with E-state index in [1.54, 1.807) is 7.11 Å². The van der Waals surface area contributed by atoms with E-state index in [0.29, 0.717) is 11.8 Å². The zero-order valence-electron chi connectivity index (χ0n) is 12.5. The van der Waals surface area contributed by atoms with Crippen molar-refractivity contribution >= 4 is 5.78 Å². The van der Waals surface area contributed by atoms with Crippen molar-refractivity contribution in [2.75, 3.05) is 7.11 Å². The van der Waals surface area contributed by atoms with Crippen LogP contribution in [-0.2, 0) is 0 Å². The minimum Gasteiger partial charge on any atom is -0.497 e. The largest absolute Gasteiger partial charge is 0.497 e. The molecule has 4 saturated carbocycles. The number of methoxy groups -OCH3 is 1. The van der Waals surface area contributed by atoms with Crippen LogP contribution in [0.5, 0.6) is 5.75 Å². The molecule has 4 fully saturated rings. The Hall–Kier alpha value is -1.57. The molecule has 0 unspecified atom stereocenters. The first-order valence-electron chi connectivity index (χ1n) is 8.13. The first kappa shape index (κ1) is 13.1. The summed E-state index contributed by atoms with van der Waals surface area (Å²) in [6, 6.07) is 7.47. The van der Waals surface area contributed by atoms with Crippen molar-refractivity contribution in [3.05, 3.63) is 41.5 Å². The molecule has 1 aromatic rings. The van der Waals surface area contributed by atoms with Crippen LogP contribution >= 0.6 is 0 Å². The maximum atomic E-state index is 12.5. The summed E-state index contributed by atoms with van der Waals surface area (Å²) < 4.78 is 5.15. The number of benzene rings is 1. The quantitative estimate of drug-likeness (QED) is 0.611. The van der Waals surface area contributed by atoms with Gasteiger partial charge >= 0.3 is 0 Å². The lowest BCUT2D eigenvalue weighted by atomic mass is 9.54.